The molecule has 32 heavy (non-hydrogen) atoms. The Morgan fingerprint density at radius 3 is 2.31 bits per heavy atom. The summed E-state index contributed by atoms with van der Waals surface area (Å²) >= 11 is 6.15. The fourth-order valence-electron chi connectivity index (χ4n) is 3.86. The number of halogens is 1. The predicted molar refractivity (Wildman–Crippen MR) is 125 cm³/mol. The van der Waals surface area contributed by atoms with Crippen molar-refractivity contribution in [1.82, 2.24) is 9.88 Å². The third-order valence-corrected chi connectivity index (χ3v) is 5.92. The van der Waals surface area contributed by atoms with Gasteiger partial charge in [0.2, 0.25) is 0 Å². The maximum absolute atomic E-state index is 13.2. The van der Waals surface area contributed by atoms with E-state index in [1.54, 1.807) is 18.2 Å². The van der Waals surface area contributed by atoms with Crippen molar-refractivity contribution in [2.45, 2.75) is 27.7 Å². The molecular weight excluding hydrogens is 426 g/mol. The summed E-state index contributed by atoms with van der Waals surface area (Å²) in [7, 11) is 0. The van der Waals surface area contributed by atoms with Crippen LogP contribution >= 0.6 is 11.6 Å². The van der Waals surface area contributed by atoms with Crippen LogP contribution in [0.15, 0.2) is 54.1 Å². The first-order valence-corrected chi connectivity index (χ1v) is 10.5. The van der Waals surface area contributed by atoms with E-state index in [9.17, 15) is 14.4 Å². The molecule has 7 heteroatoms. The predicted octanol–water partition coefficient (Wildman–Crippen LogP) is 5.03. The fourth-order valence-corrected chi connectivity index (χ4v) is 4.04. The number of barbiturate groups is 1. The van der Waals surface area contributed by atoms with Crippen molar-refractivity contribution in [2.24, 2.45) is 0 Å². The van der Waals surface area contributed by atoms with Gasteiger partial charge in [0.05, 0.1) is 5.69 Å². The van der Waals surface area contributed by atoms with E-state index >= 15 is 0 Å². The highest BCUT2D eigenvalue weighted by Gasteiger charge is 2.37. The van der Waals surface area contributed by atoms with Crippen molar-refractivity contribution >= 4 is 41.2 Å². The van der Waals surface area contributed by atoms with Crippen LogP contribution in [0, 0.1) is 27.7 Å². The summed E-state index contributed by atoms with van der Waals surface area (Å²) in [6.07, 6.45) is 1.53. The molecule has 0 bridgehead atoms. The van der Waals surface area contributed by atoms with Crippen LogP contribution in [-0.4, -0.2) is 22.4 Å². The Balaban J connectivity index is 1.77. The van der Waals surface area contributed by atoms with Crippen molar-refractivity contribution in [2.75, 3.05) is 4.90 Å². The molecule has 0 unspecified atom stereocenters. The van der Waals surface area contributed by atoms with Crippen molar-refractivity contribution in [3.8, 4) is 5.69 Å². The van der Waals surface area contributed by atoms with Gasteiger partial charge in [0.15, 0.2) is 0 Å². The number of aromatic nitrogens is 1. The number of amides is 4. The highest BCUT2D eigenvalue weighted by molar-refractivity contribution is 6.39. The molecule has 4 rings (SSSR count). The van der Waals surface area contributed by atoms with Crippen molar-refractivity contribution in [3.05, 3.63) is 87.2 Å². The number of anilines is 1. The third-order valence-electron chi connectivity index (χ3n) is 5.69. The summed E-state index contributed by atoms with van der Waals surface area (Å²) in [5.74, 6) is -1.37. The Bertz CT molecular complexity index is 1320. The van der Waals surface area contributed by atoms with Gasteiger partial charge in [0.25, 0.3) is 11.8 Å². The number of nitrogens with zero attached hydrogens (tertiary/aromatic N) is 2. The standard InChI is InChI=1S/C25H22ClN3O3/c1-14-8-9-21(10-15(14)2)29-24(31)22(23(30)27-25(29)32)12-18-11-16(3)28(17(18)4)20-7-5-6-19(26)13-20/h5-13H,1-4H3,(H,27,30,32)/b22-12+. The molecule has 4 amide bonds. The molecule has 1 aromatic heterocycles. The number of hydrogen-bond acceptors (Lipinski definition) is 3. The van der Waals surface area contributed by atoms with Crippen LogP contribution in [0.4, 0.5) is 10.5 Å². The third kappa shape index (κ3) is 3.74. The smallest absolute Gasteiger partial charge is 0.318 e. The molecule has 3 aromatic rings. The van der Waals surface area contributed by atoms with Gasteiger partial charge in [0, 0.05) is 22.1 Å². The minimum absolute atomic E-state index is 0.103. The van der Waals surface area contributed by atoms with E-state index in [2.05, 4.69) is 5.32 Å². The van der Waals surface area contributed by atoms with Gasteiger partial charge in [-0.2, -0.15) is 0 Å². The second-order valence-corrected chi connectivity index (χ2v) is 8.30. The van der Waals surface area contributed by atoms with Crippen LogP contribution < -0.4 is 10.2 Å². The van der Waals surface area contributed by atoms with Crippen LogP contribution in [0.2, 0.25) is 5.02 Å². The van der Waals surface area contributed by atoms with Gasteiger partial charge in [-0.3, -0.25) is 14.9 Å². The highest BCUT2D eigenvalue weighted by Crippen LogP contribution is 2.27. The van der Waals surface area contributed by atoms with E-state index < -0.39 is 17.8 Å². The van der Waals surface area contributed by atoms with Gasteiger partial charge in [-0.15, -0.1) is 0 Å². The number of hydrogen-bond donors (Lipinski definition) is 1. The van der Waals surface area contributed by atoms with Gasteiger partial charge in [-0.1, -0.05) is 23.7 Å². The van der Waals surface area contributed by atoms with Gasteiger partial charge in [-0.25, -0.2) is 9.69 Å². The molecule has 1 saturated heterocycles. The number of carbonyl (C=O) groups is 3. The molecule has 162 valence electrons. The van der Waals surface area contributed by atoms with E-state index in [1.807, 2.05) is 62.6 Å². The minimum Gasteiger partial charge on any atom is -0.318 e. The number of aryl methyl sites for hydroxylation is 3. The lowest BCUT2D eigenvalue weighted by molar-refractivity contribution is -0.122. The molecule has 6 nitrogen and oxygen atoms in total. The largest absolute Gasteiger partial charge is 0.335 e. The first kappa shape index (κ1) is 21.6. The molecule has 0 saturated carbocycles. The van der Waals surface area contributed by atoms with Gasteiger partial charge >= 0.3 is 6.03 Å². The first-order valence-electron chi connectivity index (χ1n) is 10.1. The molecule has 0 aliphatic carbocycles. The summed E-state index contributed by atoms with van der Waals surface area (Å²) in [5.41, 5.74) is 5.64. The first-order chi connectivity index (χ1) is 15.2. The molecule has 0 atom stereocenters. The molecule has 0 spiro atoms. The maximum Gasteiger partial charge on any atom is 0.335 e. The second-order valence-electron chi connectivity index (χ2n) is 7.87. The number of nitrogens with one attached hydrogen (secondary N) is 1. The number of carbonyl (C=O) groups excluding carboxylic acids is 3. The second kappa shape index (κ2) is 8.13. The Kier molecular flexibility index (Phi) is 5.48. The molecule has 1 N–H and O–H groups in total. The zero-order chi connectivity index (χ0) is 23.2. The average molecular weight is 448 g/mol. The summed E-state index contributed by atoms with van der Waals surface area (Å²) in [6, 6.07) is 13.8. The summed E-state index contributed by atoms with van der Waals surface area (Å²) in [4.78, 5) is 39.3. The van der Waals surface area contributed by atoms with Gasteiger partial charge in [-0.05, 0) is 86.9 Å². The molecular formula is C25H22ClN3O3. The fraction of sp³-hybridized carbons (Fsp3) is 0.160. The molecule has 1 fully saturated rings. The van der Waals surface area contributed by atoms with Crippen LogP contribution in [-0.2, 0) is 9.59 Å². The van der Waals surface area contributed by atoms with Crippen LogP contribution in [0.25, 0.3) is 11.8 Å². The van der Waals surface area contributed by atoms with Crippen molar-refractivity contribution < 1.29 is 14.4 Å². The molecule has 1 aliphatic rings. The van der Waals surface area contributed by atoms with E-state index in [1.165, 1.54) is 6.08 Å². The number of rotatable bonds is 3. The van der Waals surface area contributed by atoms with E-state index in [0.29, 0.717) is 16.3 Å². The van der Waals surface area contributed by atoms with E-state index in [4.69, 9.17) is 11.6 Å². The molecule has 1 aliphatic heterocycles. The van der Waals surface area contributed by atoms with Crippen LogP contribution in [0.5, 0.6) is 0 Å². The Labute approximate surface area is 191 Å². The zero-order valence-corrected chi connectivity index (χ0v) is 18.9. The lowest BCUT2D eigenvalue weighted by Gasteiger charge is -2.26. The Hall–Kier alpha value is -3.64. The topological polar surface area (TPSA) is 71.4 Å². The SMILES string of the molecule is Cc1ccc(N2C(=O)NC(=O)/C(=C\c3cc(C)n(-c4cccc(Cl)c4)c3C)C2=O)cc1C. The number of imide groups is 2. The molecule has 0 radical (unpaired) electrons. The van der Waals surface area contributed by atoms with Gasteiger partial charge in [0.1, 0.15) is 5.57 Å². The average Bonchev–Trinajstić information content (AvgIpc) is 3.00. The molecule has 2 aromatic carbocycles. The zero-order valence-electron chi connectivity index (χ0n) is 18.2. The van der Waals surface area contributed by atoms with Crippen LogP contribution in [0.1, 0.15) is 28.1 Å². The summed E-state index contributed by atoms with van der Waals surface area (Å²) < 4.78 is 2.00. The lowest BCUT2D eigenvalue weighted by Crippen LogP contribution is -2.54. The van der Waals surface area contributed by atoms with E-state index in [0.717, 1.165) is 33.1 Å². The number of benzene rings is 2. The Morgan fingerprint density at radius 1 is 0.875 bits per heavy atom. The van der Waals surface area contributed by atoms with Crippen LogP contribution in [0.3, 0.4) is 0 Å². The highest BCUT2D eigenvalue weighted by atomic mass is 35.5. The quantitative estimate of drug-likeness (QED) is 0.452. The molecule has 2 heterocycles. The van der Waals surface area contributed by atoms with Crippen molar-refractivity contribution in [3.63, 3.8) is 0 Å². The summed E-state index contributed by atoms with van der Waals surface area (Å²) in [5, 5.41) is 2.89. The normalized spacial score (nSPS) is 15.5. The van der Waals surface area contributed by atoms with Gasteiger partial charge < -0.3 is 4.57 Å². The maximum atomic E-state index is 13.2. The Morgan fingerprint density at radius 2 is 1.62 bits per heavy atom. The summed E-state index contributed by atoms with van der Waals surface area (Å²) in [6.45, 7) is 7.68. The monoisotopic (exact) mass is 447 g/mol. The van der Waals surface area contributed by atoms with Crippen molar-refractivity contribution in [1.29, 1.82) is 0 Å². The minimum atomic E-state index is -0.759. The van der Waals surface area contributed by atoms with E-state index in [-0.39, 0.29) is 5.57 Å². The number of urea groups is 1. The lowest BCUT2D eigenvalue weighted by atomic mass is 10.1.